The van der Waals surface area contributed by atoms with Gasteiger partial charge in [-0.3, -0.25) is 0 Å². The molecule has 1 unspecified atom stereocenters. The molecule has 0 bridgehead atoms. The maximum Gasteiger partial charge on any atom is 0.196 e. The number of rotatable bonds is 7. The molecule has 0 aliphatic carbocycles. The van der Waals surface area contributed by atoms with Crippen molar-refractivity contribution in [2.24, 2.45) is 0 Å². The number of halogens is 4. The van der Waals surface area contributed by atoms with E-state index in [0.29, 0.717) is 28.3 Å². The molecule has 1 heterocycles. The van der Waals surface area contributed by atoms with E-state index < -0.39 is 17.5 Å². The smallest absolute Gasteiger partial charge is 0.196 e. The van der Waals surface area contributed by atoms with Gasteiger partial charge in [-0.25, -0.2) is 23.1 Å². The molecule has 0 saturated carbocycles. The van der Waals surface area contributed by atoms with Crippen molar-refractivity contribution in [1.29, 1.82) is 0 Å². The number of ether oxygens (including phenoxy) is 2. The number of nitrogens with one attached hydrogen (secondary N) is 1. The lowest BCUT2D eigenvalue weighted by molar-refractivity contribution is 0.406. The van der Waals surface area contributed by atoms with E-state index in [1.807, 2.05) is 12.1 Å². The molecule has 3 aromatic carbocycles. The lowest BCUT2D eigenvalue weighted by Gasteiger charge is -2.17. The van der Waals surface area contributed by atoms with Gasteiger partial charge >= 0.3 is 0 Å². The normalized spacial score (nSPS) is 12.0. The van der Waals surface area contributed by atoms with Crippen LogP contribution >= 0.6 is 15.9 Å². The van der Waals surface area contributed by atoms with Gasteiger partial charge in [-0.05, 0) is 63.7 Å². The molecule has 9 heteroatoms. The molecule has 182 valence electrons. The topological polar surface area (TPSA) is 56.3 Å². The average Bonchev–Trinajstić information content (AvgIpc) is 2.88. The predicted octanol–water partition coefficient (Wildman–Crippen LogP) is 7.75. The molecule has 5 nitrogen and oxygen atoms in total. The van der Waals surface area contributed by atoms with E-state index in [1.54, 1.807) is 25.3 Å². The summed E-state index contributed by atoms with van der Waals surface area (Å²) in [6.07, 6.45) is 2.35. The standard InChI is InChI=1S/C26H23BrF3N3O2/c1-5-13(2)15-9-17-19(11-22(15)35-4)31-12-32-26(17)33-20-8-14(6-7-21(20)34-3)16-10-18(27)24(29)25(30)23(16)28/h6-13H,5H2,1-4H3,(H,31,32,33). The lowest BCUT2D eigenvalue weighted by Crippen LogP contribution is -2.02. The Kier molecular flexibility index (Phi) is 7.16. The van der Waals surface area contributed by atoms with E-state index in [9.17, 15) is 13.2 Å². The Bertz CT molecular complexity index is 1410. The fraction of sp³-hybridized carbons (Fsp3) is 0.231. The lowest BCUT2D eigenvalue weighted by atomic mass is 9.96. The van der Waals surface area contributed by atoms with Crippen molar-refractivity contribution in [2.45, 2.75) is 26.2 Å². The Labute approximate surface area is 209 Å². The highest BCUT2D eigenvalue weighted by molar-refractivity contribution is 9.10. The second-order valence-corrected chi connectivity index (χ2v) is 8.89. The maximum atomic E-state index is 14.6. The van der Waals surface area contributed by atoms with Crippen LogP contribution in [0.5, 0.6) is 11.5 Å². The van der Waals surface area contributed by atoms with Crippen molar-refractivity contribution < 1.29 is 22.6 Å². The third-order valence-electron chi connectivity index (χ3n) is 6.00. The van der Waals surface area contributed by atoms with Crippen LogP contribution in [-0.4, -0.2) is 24.2 Å². The summed E-state index contributed by atoms with van der Waals surface area (Å²) in [7, 11) is 3.12. The van der Waals surface area contributed by atoms with Crippen LogP contribution in [0, 0.1) is 17.5 Å². The minimum absolute atomic E-state index is 0.0992. The summed E-state index contributed by atoms with van der Waals surface area (Å²) in [6.45, 7) is 4.21. The van der Waals surface area contributed by atoms with Gasteiger partial charge < -0.3 is 14.8 Å². The van der Waals surface area contributed by atoms with Crippen molar-refractivity contribution in [1.82, 2.24) is 9.97 Å². The molecule has 4 rings (SSSR count). The second-order valence-electron chi connectivity index (χ2n) is 8.03. The molecule has 4 aromatic rings. The van der Waals surface area contributed by atoms with Crippen LogP contribution in [0.15, 0.2) is 47.2 Å². The highest BCUT2D eigenvalue weighted by Crippen LogP contribution is 2.38. The van der Waals surface area contributed by atoms with Crippen LogP contribution in [-0.2, 0) is 0 Å². The summed E-state index contributed by atoms with van der Waals surface area (Å²) in [5.41, 5.74) is 2.39. The molecular weight excluding hydrogens is 523 g/mol. The molecule has 35 heavy (non-hydrogen) atoms. The van der Waals surface area contributed by atoms with E-state index in [0.717, 1.165) is 23.1 Å². The number of hydrogen-bond acceptors (Lipinski definition) is 5. The Hall–Kier alpha value is -3.33. The molecule has 0 aliphatic rings. The molecule has 1 aromatic heterocycles. The number of methoxy groups -OCH3 is 2. The van der Waals surface area contributed by atoms with Crippen LogP contribution in [0.2, 0.25) is 0 Å². The summed E-state index contributed by atoms with van der Waals surface area (Å²) < 4.78 is 53.3. The number of fused-ring (bicyclic) bond motifs is 1. The molecule has 0 fully saturated rings. The van der Waals surface area contributed by atoms with Gasteiger partial charge in [-0.1, -0.05) is 19.9 Å². The van der Waals surface area contributed by atoms with Crippen molar-refractivity contribution in [3.05, 3.63) is 70.2 Å². The first kappa shape index (κ1) is 24.8. The van der Waals surface area contributed by atoms with Crippen LogP contribution in [0.25, 0.3) is 22.0 Å². The fourth-order valence-electron chi connectivity index (χ4n) is 3.87. The Morgan fingerprint density at radius 2 is 1.69 bits per heavy atom. The molecule has 0 spiro atoms. The Balaban J connectivity index is 1.84. The van der Waals surface area contributed by atoms with Gasteiger partial charge in [0.25, 0.3) is 0 Å². The second kappa shape index (κ2) is 10.1. The van der Waals surface area contributed by atoms with Crippen LogP contribution in [0.1, 0.15) is 31.7 Å². The number of nitrogens with zero attached hydrogens (tertiary/aromatic N) is 2. The van der Waals surface area contributed by atoms with Gasteiger partial charge in [-0.2, -0.15) is 0 Å². The molecule has 0 saturated heterocycles. The number of hydrogen-bond donors (Lipinski definition) is 1. The summed E-state index contributed by atoms with van der Waals surface area (Å²) >= 11 is 2.94. The highest BCUT2D eigenvalue weighted by atomic mass is 79.9. The Morgan fingerprint density at radius 1 is 0.943 bits per heavy atom. The Morgan fingerprint density at radius 3 is 2.37 bits per heavy atom. The summed E-state index contributed by atoms with van der Waals surface area (Å²) in [5, 5.41) is 4.00. The van der Waals surface area contributed by atoms with Gasteiger partial charge in [-0.15, -0.1) is 0 Å². The van der Waals surface area contributed by atoms with Crippen molar-refractivity contribution in [3.63, 3.8) is 0 Å². The van der Waals surface area contributed by atoms with Crippen molar-refractivity contribution >= 4 is 38.3 Å². The molecular formula is C26H23BrF3N3O2. The zero-order valence-electron chi connectivity index (χ0n) is 19.5. The van der Waals surface area contributed by atoms with Crippen molar-refractivity contribution in [2.75, 3.05) is 19.5 Å². The molecule has 0 aliphatic heterocycles. The van der Waals surface area contributed by atoms with Crippen LogP contribution < -0.4 is 14.8 Å². The van der Waals surface area contributed by atoms with Gasteiger partial charge in [0.05, 0.1) is 29.9 Å². The first-order valence-corrected chi connectivity index (χ1v) is 11.7. The first-order chi connectivity index (χ1) is 16.8. The largest absolute Gasteiger partial charge is 0.496 e. The zero-order chi connectivity index (χ0) is 25.3. The molecule has 0 amide bonds. The minimum Gasteiger partial charge on any atom is -0.496 e. The van der Waals surface area contributed by atoms with Crippen molar-refractivity contribution in [3.8, 4) is 22.6 Å². The molecule has 1 N–H and O–H groups in total. The van der Waals surface area contributed by atoms with Crippen LogP contribution in [0.4, 0.5) is 24.7 Å². The minimum atomic E-state index is -1.55. The highest BCUT2D eigenvalue weighted by Gasteiger charge is 2.20. The van der Waals surface area contributed by atoms with Gasteiger partial charge in [0, 0.05) is 17.0 Å². The maximum absolute atomic E-state index is 14.6. The fourth-order valence-corrected chi connectivity index (χ4v) is 4.27. The average molecular weight is 546 g/mol. The van der Waals surface area contributed by atoms with E-state index in [2.05, 4.69) is 45.1 Å². The molecule has 1 atom stereocenters. The van der Waals surface area contributed by atoms with E-state index in [4.69, 9.17) is 9.47 Å². The van der Waals surface area contributed by atoms with Gasteiger partial charge in [0.15, 0.2) is 17.5 Å². The monoisotopic (exact) mass is 545 g/mol. The van der Waals surface area contributed by atoms with E-state index >= 15 is 0 Å². The SMILES string of the molecule is CCC(C)c1cc2c(Nc3cc(-c4cc(Br)c(F)c(F)c4F)ccc3OC)ncnc2cc1OC. The zero-order valence-corrected chi connectivity index (χ0v) is 21.1. The number of anilines is 2. The molecule has 0 radical (unpaired) electrons. The summed E-state index contributed by atoms with van der Waals surface area (Å²) in [6, 6.07) is 9.83. The summed E-state index contributed by atoms with van der Waals surface area (Å²) in [4.78, 5) is 8.78. The van der Waals surface area contributed by atoms with Crippen LogP contribution in [0.3, 0.4) is 0 Å². The first-order valence-electron chi connectivity index (χ1n) is 10.9. The van der Waals surface area contributed by atoms with Gasteiger partial charge in [0.2, 0.25) is 0 Å². The third-order valence-corrected chi connectivity index (χ3v) is 6.57. The van der Waals surface area contributed by atoms with E-state index in [-0.39, 0.29) is 16.0 Å². The number of aromatic nitrogens is 2. The summed E-state index contributed by atoms with van der Waals surface area (Å²) in [5.74, 6) is -2.15. The predicted molar refractivity (Wildman–Crippen MR) is 134 cm³/mol. The van der Waals surface area contributed by atoms with Gasteiger partial charge in [0.1, 0.15) is 23.6 Å². The quantitative estimate of drug-likeness (QED) is 0.190. The van der Waals surface area contributed by atoms with E-state index in [1.165, 1.54) is 19.5 Å². The number of benzene rings is 3. The third kappa shape index (κ3) is 4.65.